The number of rotatable bonds is 5. The van der Waals surface area contributed by atoms with Gasteiger partial charge in [-0.2, -0.15) is 4.31 Å². The van der Waals surface area contributed by atoms with E-state index >= 15 is 0 Å². The van der Waals surface area contributed by atoms with Crippen molar-refractivity contribution in [2.24, 2.45) is 11.8 Å². The summed E-state index contributed by atoms with van der Waals surface area (Å²) in [4.78, 5) is 2.18. The lowest BCUT2D eigenvalue weighted by Crippen LogP contribution is -2.47. The zero-order chi connectivity index (χ0) is 20.1. The molecule has 0 radical (unpaired) electrons. The quantitative estimate of drug-likeness (QED) is 0.748. The Bertz CT molecular complexity index is 935. The molecule has 4 atom stereocenters. The van der Waals surface area contributed by atoms with E-state index in [0.717, 1.165) is 12.8 Å². The summed E-state index contributed by atoms with van der Waals surface area (Å²) in [6.45, 7) is 2.82. The molecule has 0 unspecified atom stereocenters. The minimum absolute atomic E-state index is 0.0531. The summed E-state index contributed by atoms with van der Waals surface area (Å²) in [5, 5.41) is 3.76. The molecule has 1 saturated heterocycles. The van der Waals surface area contributed by atoms with Crippen LogP contribution in [-0.4, -0.2) is 69.2 Å². The van der Waals surface area contributed by atoms with E-state index in [-0.39, 0.29) is 11.2 Å². The minimum Gasteiger partial charge on any atom is -0.440 e. The topological polar surface area (TPSA) is 89.0 Å². The van der Waals surface area contributed by atoms with Crippen LogP contribution in [0.25, 0.3) is 11.5 Å². The Morgan fingerprint density at radius 3 is 2.50 bits per heavy atom. The first-order chi connectivity index (χ1) is 13.3. The number of fused-ring (bicyclic) bond motifs is 1. The van der Waals surface area contributed by atoms with Crippen molar-refractivity contribution in [3.8, 4) is 11.5 Å². The van der Waals surface area contributed by atoms with Gasteiger partial charge < -0.3 is 18.6 Å². The maximum Gasteiger partial charge on any atom is 0.276 e. The van der Waals surface area contributed by atoms with E-state index in [2.05, 4.69) is 24.2 Å². The van der Waals surface area contributed by atoms with Gasteiger partial charge in [-0.25, -0.2) is 8.42 Å². The van der Waals surface area contributed by atoms with Gasteiger partial charge in [0.1, 0.15) is 0 Å². The lowest BCUT2D eigenvalue weighted by atomic mass is 9.77. The first-order valence-corrected chi connectivity index (χ1v) is 11.0. The van der Waals surface area contributed by atoms with Crippen LogP contribution in [0.5, 0.6) is 0 Å². The van der Waals surface area contributed by atoms with Crippen LogP contribution in [0.3, 0.4) is 0 Å². The third-order valence-electron chi connectivity index (χ3n) is 6.06. The molecule has 1 aliphatic heterocycles. The van der Waals surface area contributed by atoms with Crippen molar-refractivity contribution >= 4 is 10.0 Å². The molecule has 154 valence electrons. The lowest BCUT2D eigenvalue weighted by Gasteiger charge is -2.40. The zero-order valence-electron chi connectivity index (χ0n) is 16.7. The number of aromatic nitrogens is 1. The predicted molar refractivity (Wildman–Crippen MR) is 102 cm³/mol. The van der Waals surface area contributed by atoms with E-state index in [9.17, 15) is 8.42 Å². The first-order valence-electron chi connectivity index (χ1n) is 9.52. The third kappa shape index (κ3) is 3.41. The van der Waals surface area contributed by atoms with Crippen LogP contribution < -0.4 is 0 Å². The fourth-order valence-corrected chi connectivity index (χ4v) is 6.00. The van der Waals surface area contributed by atoms with Crippen LogP contribution >= 0.6 is 0 Å². The van der Waals surface area contributed by atoms with Gasteiger partial charge in [0.05, 0.1) is 11.8 Å². The molecule has 0 spiro atoms. The van der Waals surface area contributed by atoms with Crippen LogP contribution in [-0.2, 0) is 14.8 Å². The highest BCUT2D eigenvalue weighted by molar-refractivity contribution is 7.89. The van der Waals surface area contributed by atoms with E-state index in [0.29, 0.717) is 48.2 Å². The highest BCUT2D eigenvalue weighted by atomic mass is 32.2. The highest BCUT2D eigenvalue weighted by Crippen LogP contribution is 2.41. The molecule has 1 saturated carbocycles. The van der Waals surface area contributed by atoms with Crippen molar-refractivity contribution < 1.29 is 22.1 Å². The van der Waals surface area contributed by atoms with Crippen molar-refractivity contribution in [2.75, 3.05) is 34.3 Å². The van der Waals surface area contributed by atoms with E-state index in [1.165, 1.54) is 6.07 Å². The fraction of sp³-hybridized carbons (Fsp3) is 0.632. The van der Waals surface area contributed by atoms with Crippen molar-refractivity contribution in [1.82, 2.24) is 14.4 Å². The maximum atomic E-state index is 13.1. The molecule has 2 fully saturated rings. The molecule has 2 aliphatic rings. The van der Waals surface area contributed by atoms with Crippen molar-refractivity contribution in [1.29, 1.82) is 0 Å². The number of ether oxygens (including phenoxy) is 1. The Kier molecular flexibility index (Phi) is 5.11. The summed E-state index contributed by atoms with van der Waals surface area (Å²) < 4.78 is 44.3. The van der Waals surface area contributed by atoms with Gasteiger partial charge in [-0.15, -0.1) is 0 Å². The number of sulfonamides is 1. The second kappa shape index (κ2) is 7.29. The lowest BCUT2D eigenvalue weighted by molar-refractivity contribution is -0.0209. The number of furan rings is 1. The molecule has 0 amide bonds. The Morgan fingerprint density at radius 1 is 1.18 bits per heavy atom. The molecule has 9 heteroatoms. The molecule has 0 bridgehead atoms. The number of nitrogens with zero attached hydrogens (tertiary/aromatic N) is 3. The maximum absolute atomic E-state index is 13.1. The average Bonchev–Trinajstić information content (AvgIpc) is 3.38. The molecule has 3 heterocycles. The van der Waals surface area contributed by atoms with E-state index in [4.69, 9.17) is 13.7 Å². The number of likely N-dealkylation sites (N-methyl/N-ethyl adjacent to an activating group) is 1. The van der Waals surface area contributed by atoms with Gasteiger partial charge in [0.25, 0.3) is 10.0 Å². The van der Waals surface area contributed by atoms with E-state index < -0.39 is 10.0 Å². The highest BCUT2D eigenvalue weighted by Gasteiger charge is 2.46. The van der Waals surface area contributed by atoms with Crippen LogP contribution in [0.4, 0.5) is 0 Å². The van der Waals surface area contributed by atoms with Crippen molar-refractivity contribution in [3.63, 3.8) is 0 Å². The summed E-state index contributed by atoms with van der Waals surface area (Å²) >= 11 is 0. The monoisotopic (exact) mass is 409 g/mol. The van der Waals surface area contributed by atoms with Crippen molar-refractivity contribution in [2.45, 2.75) is 37.0 Å². The molecule has 0 N–H and O–H groups in total. The van der Waals surface area contributed by atoms with Gasteiger partial charge in [-0.1, -0.05) is 5.16 Å². The summed E-state index contributed by atoms with van der Waals surface area (Å²) in [7, 11) is 2.15. The summed E-state index contributed by atoms with van der Waals surface area (Å²) in [6, 6.07) is 5.12. The number of hydrogen-bond acceptors (Lipinski definition) is 7. The minimum atomic E-state index is -3.69. The fourth-order valence-electron chi connectivity index (χ4n) is 4.54. The van der Waals surface area contributed by atoms with Gasteiger partial charge in [0, 0.05) is 32.3 Å². The Labute approximate surface area is 165 Å². The Morgan fingerprint density at radius 2 is 1.89 bits per heavy atom. The molecule has 4 rings (SSSR count). The van der Waals surface area contributed by atoms with Gasteiger partial charge in [-0.05, 0) is 57.8 Å². The van der Waals surface area contributed by atoms with Crippen LogP contribution in [0.2, 0.25) is 0 Å². The number of aryl methyl sites for hydroxylation is 1. The van der Waals surface area contributed by atoms with Crippen molar-refractivity contribution in [3.05, 3.63) is 23.9 Å². The molecule has 2 aromatic heterocycles. The summed E-state index contributed by atoms with van der Waals surface area (Å²) in [5.41, 5.74) is 0.711. The standard InChI is InChI=1S/C19H27N3O5S/c1-12-7-18(27-20-12)16-5-6-19(26-16)28(23,24)22-10-13-8-15(21(2)3)17(25-4)9-14(13)11-22/h5-7,13-15,17H,8-11H2,1-4H3/t13-,14+,15-,17-/m1/s1. The molecule has 0 aromatic carbocycles. The smallest absolute Gasteiger partial charge is 0.276 e. The molecule has 28 heavy (non-hydrogen) atoms. The van der Waals surface area contributed by atoms with Gasteiger partial charge in [0.15, 0.2) is 5.76 Å². The van der Waals surface area contributed by atoms with Crippen LogP contribution in [0.15, 0.2) is 32.2 Å². The van der Waals surface area contributed by atoms with Gasteiger partial charge in [0.2, 0.25) is 10.9 Å². The van der Waals surface area contributed by atoms with Crippen LogP contribution in [0, 0.1) is 18.8 Å². The molecule has 2 aromatic rings. The predicted octanol–water partition coefficient (Wildman–Crippen LogP) is 2.22. The zero-order valence-corrected chi connectivity index (χ0v) is 17.5. The number of methoxy groups -OCH3 is 1. The third-order valence-corrected chi connectivity index (χ3v) is 7.77. The van der Waals surface area contributed by atoms with Gasteiger partial charge >= 0.3 is 0 Å². The molecule has 8 nitrogen and oxygen atoms in total. The molecular weight excluding hydrogens is 382 g/mol. The summed E-state index contributed by atoms with van der Waals surface area (Å²) in [6.07, 6.45) is 1.93. The average molecular weight is 410 g/mol. The Balaban J connectivity index is 1.53. The van der Waals surface area contributed by atoms with E-state index in [1.807, 2.05) is 0 Å². The number of hydrogen-bond donors (Lipinski definition) is 0. The van der Waals surface area contributed by atoms with Crippen LogP contribution in [0.1, 0.15) is 18.5 Å². The Hall–Kier alpha value is -1.68. The molecular formula is C19H27N3O5S. The van der Waals surface area contributed by atoms with E-state index in [1.54, 1.807) is 30.5 Å². The SMILES string of the molecule is CO[C@@H]1C[C@H]2CN(S(=O)(=O)c3ccc(-c4cc(C)no4)o3)C[C@H]2C[C@H]1N(C)C. The first kappa shape index (κ1) is 19.6. The second-order valence-corrected chi connectivity index (χ2v) is 9.94. The largest absolute Gasteiger partial charge is 0.440 e. The normalized spacial score (nSPS) is 28.8. The summed E-state index contributed by atoms with van der Waals surface area (Å²) in [5.74, 6) is 1.43. The second-order valence-electron chi connectivity index (χ2n) is 8.07. The molecule has 1 aliphatic carbocycles. The van der Waals surface area contributed by atoms with Gasteiger partial charge in [-0.3, -0.25) is 0 Å².